The Bertz CT molecular complexity index is 438. The molecule has 78 valence electrons. The van der Waals surface area contributed by atoms with Crippen LogP contribution in [-0.4, -0.2) is 14.6 Å². The molecule has 2 aromatic rings. The van der Waals surface area contributed by atoms with Crippen LogP contribution in [-0.2, 0) is 6.42 Å². The van der Waals surface area contributed by atoms with Gasteiger partial charge in [-0.1, -0.05) is 27.7 Å². The van der Waals surface area contributed by atoms with Gasteiger partial charge in [-0.25, -0.2) is 0 Å². The molecule has 0 aliphatic carbocycles. The highest BCUT2D eigenvalue weighted by Gasteiger charge is 2.07. The van der Waals surface area contributed by atoms with Crippen molar-refractivity contribution in [2.75, 3.05) is 10.2 Å². The molecular weight excluding hydrogens is 305 g/mol. The largest absolute Gasteiger partial charge is 0.399 e. The van der Waals surface area contributed by atoms with Crippen LogP contribution in [0.2, 0.25) is 0 Å². The molecule has 4 nitrogen and oxygen atoms in total. The van der Waals surface area contributed by atoms with Gasteiger partial charge in [0.05, 0.1) is 0 Å². The van der Waals surface area contributed by atoms with Crippen LogP contribution in [0.4, 0.5) is 5.69 Å². The molecule has 15 heavy (non-hydrogen) atoms. The fourth-order valence-electron chi connectivity index (χ4n) is 1.18. The minimum atomic E-state index is 0.551. The monoisotopic (exact) mass is 315 g/mol. The molecule has 0 saturated heterocycles. The number of rotatable bonds is 3. The quantitative estimate of drug-likeness (QED) is 0.536. The number of nitrogens with two attached hydrogens (primary N) is 1. The lowest BCUT2D eigenvalue weighted by molar-refractivity contribution is 0.423. The highest BCUT2D eigenvalue weighted by atomic mass is 127. The molecule has 0 amide bonds. The van der Waals surface area contributed by atoms with Crippen molar-refractivity contribution < 1.29 is 4.52 Å². The maximum Gasteiger partial charge on any atom is 0.257 e. The zero-order valence-electron chi connectivity index (χ0n) is 7.98. The van der Waals surface area contributed by atoms with Crippen molar-refractivity contribution in [3.63, 3.8) is 0 Å². The Kier molecular flexibility index (Phi) is 3.20. The van der Waals surface area contributed by atoms with E-state index in [1.165, 1.54) is 0 Å². The molecule has 0 saturated carbocycles. The lowest BCUT2D eigenvalue weighted by Gasteiger charge is -1.94. The van der Waals surface area contributed by atoms with Gasteiger partial charge in [-0.2, -0.15) is 4.98 Å². The number of aryl methyl sites for hydroxylation is 1. The first-order chi connectivity index (χ1) is 7.29. The number of hydrogen-bond donors (Lipinski definition) is 1. The van der Waals surface area contributed by atoms with Crippen molar-refractivity contribution in [3.8, 4) is 11.5 Å². The van der Waals surface area contributed by atoms with Gasteiger partial charge in [0.1, 0.15) is 0 Å². The summed E-state index contributed by atoms with van der Waals surface area (Å²) in [5.74, 6) is 1.30. The molecule has 0 aliphatic rings. The molecule has 0 aliphatic heterocycles. The first-order valence-corrected chi connectivity index (χ1v) is 6.06. The van der Waals surface area contributed by atoms with Gasteiger partial charge in [-0.15, -0.1) is 0 Å². The second-order valence-electron chi connectivity index (χ2n) is 3.08. The lowest BCUT2D eigenvalue weighted by Crippen LogP contribution is -1.88. The maximum atomic E-state index is 5.59. The third-order valence-electron chi connectivity index (χ3n) is 1.94. The summed E-state index contributed by atoms with van der Waals surface area (Å²) in [7, 11) is 0. The van der Waals surface area contributed by atoms with E-state index in [2.05, 4.69) is 32.7 Å². The molecule has 1 heterocycles. The fourth-order valence-corrected chi connectivity index (χ4v) is 1.67. The zero-order chi connectivity index (χ0) is 10.7. The number of benzene rings is 1. The molecule has 0 unspecified atom stereocenters. The number of anilines is 1. The summed E-state index contributed by atoms with van der Waals surface area (Å²) in [6, 6.07) is 7.38. The summed E-state index contributed by atoms with van der Waals surface area (Å²) in [6.45, 7) is 0. The van der Waals surface area contributed by atoms with Gasteiger partial charge >= 0.3 is 0 Å². The molecule has 5 heteroatoms. The van der Waals surface area contributed by atoms with Gasteiger partial charge in [0.2, 0.25) is 0 Å². The number of nitrogens with zero attached hydrogens (tertiary/aromatic N) is 2. The number of alkyl halides is 1. The second-order valence-corrected chi connectivity index (χ2v) is 4.16. The van der Waals surface area contributed by atoms with E-state index in [1.54, 1.807) is 0 Å². The molecule has 2 N–H and O–H groups in total. The van der Waals surface area contributed by atoms with Crippen LogP contribution in [0.15, 0.2) is 28.8 Å². The SMILES string of the molecule is Nc1ccc(-c2nc(CCI)no2)cc1. The van der Waals surface area contributed by atoms with E-state index in [0.29, 0.717) is 5.89 Å². The molecule has 0 spiro atoms. The van der Waals surface area contributed by atoms with E-state index in [4.69, 9.17) is 10.3 Å². The summed E-state index contributed by atoms with van der Waals surface area (Å²) in [4.78, 5) is 4.28. The predicted octanol–water partition coefficient (Wildman–Crippen LogP) is 2.30. The van der Waals surface area contributed by atoms with Crippen LogP contribution in [0, 0.1) is 0 Å². The number of nitrogen functional groups attached to an aromatic ring is 1. The number of aromatic nitrogens is 2. The fraction of sp³-hybridized carbons (Fsp3) is 0.200. The minimum absolute atomic E-state index is 0.551. The Hall–Kier alpha value is -1.11. The van der Waals surface area contributed by atoms with Crippen LogP contribution in [0.5, 0.6) is 0 Å². The average molecular weight is 315 g/mol. The Morgan fingerprint density at radius 1 is 1.27 bits per heavy atom. The molecule has 2 rings (SSSR count). The Morgan fingerprint density at radius 3 is 2.67 bits per heavy atom. The smallest absolute Gasteiger partial charge is 0.257 e. The van der Waals surface area contributed by atoms with Gasteiger partial charge in [0.25, 0.3) is 5.89 Å². The average Bonchev–Trinajstić information content (AvgIpc) is 2.68. The van der Waals surface area contributed by atoms with Crippen LogP contribution < -0.4 is 5.73 Å². The normalized spacial score (nSPS) is 10.5. The standard InChI is InChI=1S/C10H10IN3O/c11-6-5-9-13-10(15-14-9)7-1-3-8(12)4-2-7/h1-4H,5-6,12H2. The van der Waals surface area contributed by atoms with Crippen LogP contribution in [0.3, 0.4) is 0 Å². The molecule has 0 atom stereocenters. The first kappa shape index (κ1) is 10.4. The van der Waals surface area contributed by atoms with Crippen molar-refractivity contribution in [2.24, 2.45) is 0 Å². The van der Waals surface area contributed by atoms with Gasteiger partial charge in [0.15, 0.2) is 5.82 Å². The van der Waals surface area contributed by atoms with Gasteiger partial charge < -0.3 is 10.3 Å². The van der Waals surface area contributed by atoms with E-state index in [0.717, 1.165) is 27.9 Å². The topological polar surface area (TPSA) is 64.9 Å². The van der Waals surface area contributed by atoms with Crippen LogP contribution in [0.25, 0.3) is 11.5 Å². The Morgan fingerprint density at radius 2 is 2.00 bits per heavy atom. The van der Waals surface area contributed by atoms with Crippen LogP contribution in [0.1, 0.15) is 5.82 Å². The molecule has 1 aromatic heterocycles. The van der Waals surface area contributed by atoms with E-state index in [9.17, 15) is 0 Å². The van der Waals surface area contributed by atoms with Crippen molar-refractivity contribution in [3.05, 3.63) is 30.1 Å². The van der Waals surface area contributed by atoms with Crippen molar-refractivity contribution >= 4 is 28.3 Å². The summed E-state index contributed by atoms with van der Waals surface area (Å²) >= 11 is 2.28. The van der Waals surface area contributed by atoms with Crippen molar-refractivity contribution in [1.82, 2.24) is 10.1 Å². The molecule has 0 radical (unpaired) electrons. The van der Waals surface area contributed by atoms with Gasteiger partial charge in [-0.3, -0.25) is 0 Å². The summed E-state index contributed by atoms with van der Waals surface area (Å²) < 4.78 is 6.12. The maximum absolute atomic E-state index is 5.59. The van der Waals surface area contributed by atoms with Crippen molar-refractivity contribution in [2.45, 2.75) is 6.42 Å². The molecule has 0 fully saturated rings. The highest BCUT2D eigenvalue weighted by molar-refractivity contribution is 14.1. The van der Waals surface area contributed by atoms with E-state index in [-0.39, 0.29) is 0 Å². The minimum Gasteiger partial charge on any atom is -0.399 e. The third kappa shape index (κ3) is 2.47. The molecular formula is C10H10IN3O. The molecule has 1 aromatic carbocycles. The highest BCUT2D eigenvalue weighted by Crippen LogP contribution is 2.18. The van der Waals surface area contributed by atoms with E-state index in [1.807, 2.05) is 24.3 Å². The third-order valence-corrected chi connectivity index (χ3v) is 2.48. The van der Waals surface area contributed by atoms with E-state index >= 15 is 0 Å². The van der Waals surface area contributed by atoms with Crippen LogP contribution >= 0.6 is 22.6 Å². The Labute approximate surface area is 101 Å². The zero-order valence-corrected chi connectivity index (χ0v) is 10.1. The van der Waals surface area contributed by atoms with Crippen molar-refractivity contribution in [1.29, 1.82) is 0 Å². The summed E-state index contributed by atoms with van der Waals surface area (Å²) in [6.07, 6.45) is 0.832. The number of halogens is 1. The predicted molar refractivity (Wildman–Crippen MR) is 66.7 cm³/mol. The van der Waals surface area contributed by atoms with Gasteiger partial charge in [0, 0.05) is 22.1 Å². The summed E-state index contributed by atoms with van der Waals surface area (Å²) in [5, 5.41) is 3.88. The second kappa shape index (κ2) is 4.61. The van der Waals surface area contributed by atoms with Gasteiger partial charge in [-0.05, 0) is 24.3 Å². The lowest BCUT2D eigenvalue weighted by atomic mass is 10.2. The summed E-state index contributed by atoms with van der Waals surface area (Å²) in [5.41, 5.74) is 7.22. The molecule has 0 bridgehead atoms. The van der Waals surface area contributed by atoms with E-state index < -0.39 is 0 Å². The number of hydrogen-bond acceptors (Lipinski definition) is 4. The first-order valence-electron chi connectivity index (χ1n) is 4.54. The Balaban J connectivity index is 2.25.